The lowest BCUT2D eigenvalue weighted by Gasteiger charge is -2.12. The van der Waals surface area contributed by atoms with Crippen molar-refractivity contribution in [1.82, 2.24) is 14.9 Å². The van der Waals surface area contributed by atoms with Crippen LogP contribution in [0.4, 0.5) is 0 Å². The molecule has 0 bridgehead atoms. The number of carbonyl (C=O) groups is 2. The minimum absolute atomic E-state index is 0.0906. The van der Waals surface area contributed by atoms with Gasteiger partial charge in [0.25, 0.3) is 11.5 Å². The van der Waals surface area contributed by atoms with Crippen molar-refractivity contribution in [2.24, 2.45) is 5.92 Å². The van der Waals surface area contributed by atoms with Gasteiger partial charge in [0.15, 0.2) is 6.61 Å². The number of hydrogen-bond donors (Lipinski definition) is 1. The van der Waals surface area contributed by atoms with E-state index in [4.69, 9.17) is 4.74 Å². The lowest BCUT2D eigenvalue weighted by Crippen LogP contribution is -2.37. The first-order valence-electron chi connectivity index (χ1n) is 9.50. The van der Waals surface area contributed by atoms with E-state index >= 15 is 0 Å². The molecule has 1 amide bonds. The van der Waals surface area contributed by atoms with Gasteiger partial charge in [0.05, 0.1) is 11.7 Å². The number of nitrogens with zero attached hydrogens (tertiary/aromatic N) is 2. The molecule has 7 nitrogen and oxygen atoms in total. The maximum Gasteiger partial charge on any atom is 0.326 e. The van der Waals surface area contributed by atoms with Crippen molar-refractivity contribution in [2.45, 2.75) is 32.4 Å². The standard InChI is InChI=1S/C21H21N3O4S/c1-13(14-7-8-14)23-18(25)11-28-19(26)10-24-12-22-20-16(21(24)27)9-17(29-20)15-5-3-2-4-6-15/h2-6,9,12-14H,7-8,10-11H2,1H3,(H,23,25)/t13-/m1/s1. The van der Waals surface area contributed by atoms with Gasteiger partial charge in [-0.2, -0.15) is 0 Å². The zero-order chi connectivity index (χ0) is 20.4. The normalized spacial score (nSPS) is 14.5. The third kappa shape index (κ3) is 4.54. The number of thiophene rings is 1. The highest BCUT2D eigenvalue weighted by molar-refractivity contribution is 7.21. The average molecular weight is 411 g/mol. The Morgan fingerprint density at radius 3 is 2.79 bits per heavy atom. The Hall–Kier alpha value is -3.00. The zero-order valence-electron chi connectivity index (χ0n) is 16.0. The lowest BCUT2D eigenvalue weighted by molar-refractivity contribution is -0.149. The first-order chi connectivity index (χ1) is 14.0. The number of amides is 1. The van der Waals surface area contributed by atoms with Crippen LogP contribution in [0.25, 0.3) is 20.7 Å². The third-order valence-electron chi connectivity index (χ3n) is 4.96. The minimum Gasteiger partial charge on any atom is -0.454 e. The van der Waals surface area contributed by atoms with E-state index in [1.165, 1.54) is 22.2 Å². The van der Waals surface area contributed by atoms with Crippen molar-refractivity contribution in [3.05, 3.63) is 53.1 Å². The maximum absolute atomic E-state index is 12.7. The SMILES string of the molecule is C[C@@H](NC(=O)COC(=O)Cn1cnc2sc(-c3ccccc3)cc2c1=O)C1CC1. The first-order valence-corrected chi connectivity index (χ1v) is 10.3. The molecular weight excluding hydrogens is 390 g/mol. The molecule has 1 saturated carbocycles. The molecule has 1 N–H and O–H groups in total. The van der Waals surface area contributed by atoms with E-state index < -0.39 is 5.97 Å². The minimum atomic E-state index is -0.652. The van der Waals surface area contributed by atoms with E-state index in [0.717, 1.165) is 23.3 Å². The van der Waals surface area contributed by atoms with Gasteiger partial charge in [0, 0.05) is 10.9 Å². The van der Waals surface area contributed by atoms with Crippen LogP contribution >= 0.6 is 11.3 Å². The van der Waals surface area contributed by atoms with Gasteiger partial charge in [-0.3, -0.25) is 19.0 Å². The van der Waals surface area contributed by atoms with Crippen molar-refractivity contribution in [1.29, 1.82) is 0 Å². The molecule has 0 spiro atoms. The molecule has 0 radical (unpaired) electrons. The van der Waals surface area contributed by atoms with Crippen LogP contribution in [-0.2, 0) is 20.9 Å². The summed E-state index contributed by atoms with van der Waals surface area (Å²) in [5, 5.41) is 3.28. The number of hydrogen-bond acceptors (Lipinski definition) is 6. The fourth-order valence-electron chi connectivity index (χ4n) is 3.16. The number of esters is 1. The van der Waals surface area contributed by atoms with Crippen LogP contribution < -0.4 is 10.9 Å². The van der Waals surface area contributed by atoms with Gasteiger partial charge >= 0.3 is 5.97 Å². The fourth-order valence-corrected chi connectivity index (χ4v) is 4.15. The highest BCUT2D eigenvalue weighted by atomic mass is 32.1. The number of nitrogens with one attached hydrogen (secondary N) is 1. The molecule has 3 aromatic rings. The second-order valence-corrected chi connectivity index (χ2v) is 8.26. The van der Waals surface area contributed by atoms with Crippen LogP contribution in [0.3, 0.4) is 0 Å². The summed E-state index contributed by atoms with van der Waals surface area (Å²) < 4.78 is 6.22. The zero-order valence-corrected chi connectivity index (χ0v) is 16.8. The molecule has 1 aromatic carbocycles. The second kappa shape index (κ2) is 8.16. The summed E-state index contributed by atoms with van der Waals surface area (Å²) in [6.07, 6.45) is 3.58. The molecule has 150 valence electrons. The third-order valence-corrected chi connectivity index (χ3v) is 6.05. The van der Waals surface area contributed by atoms with Crippen molar-refractivity contribution in [3.63, 3.8) is 0 Å². The van der Waals surface area contributed by atoms with Crippen LogP contribution in [0, 0.1) is 5.92 Å². The predicted octanol–water partition coefficient (Wildman–Crippen LogP) is 2.58. The Morgan fingerprint density at radius 2 is 2.07 bits per heavy atom. The molecule has 1 aliphatic carbocycles. The van der Waals surface area contributed by atoms with Gasteiger partial charge in [0.2, 0.25) is 0 Å². The molecule has 1 fully saturated rings. The number of benzene rings is 1. The van der Waals surface area contributed by atoms with Crippen LogP contribution in [0.5, 0.6) is 0 Å². The maximum atomic E-state index is 12.7. The number of carbonyl (C=O) groups excluding carboxylic acids is 2. The molecule has 1 aliphatic rings. The predicted molar refractivity (Wildman–Crippen MR) is 111 cm³/mol. The molecule has 0 unspecified atom stereocenters. The molecule has 29 heavy (non-hydrogen) atoms. The summed E-state index contributed by atoms with van der Waals surface area (Å²) >= 11 is 1.43. The lowest BCUT2D eigenvalue weighted by atomic mass is 10.2. The van der Waals surface area contributed by atoms with Gasteiger partial charge < -0.3 is 10.1 Å². The van der Waals surface area contributed by atoms with Gasteiger partial charge in [-0.05, 0) is 37.3 Å². The summed E-state index contributed by atoms with van der Waals surface area (Å²) in [6, 6.07) is 11.6. The van der Waals surface area contributed by atoms with Gasteiger partial charge in [0.1, 0.15) is 11.4 Å². The summed E-state index contributed by atoms with van der Waals surface area (Å²) in [5.74, 6) is -0.456. The Kier molecular flexibility index (Phi) is 5.44. The van der Waals surface area contributed by atoms with Crippen molar-refractivity contribution in [3.8, 4) is 10.4 Å². The average Bonchev–Trinajstić information content (AvgIpc) is 3.48. The second-order valence-electron chi connectivity index (χ2n) is 7.23. The van der Waals surface area contributed by atoms with Crippen molar-refractivity contribution in [2.75, 3.05) is 6.61 Å². The highest BCUT2D eigenvalue weighted by Gasteiger charge is 2.29. The van der Waals surface area contributed by atoms with Crippen LogP contribution in [0.15, 0.2) is 47.5 Å². The Morgan fingerprint density at radius 1 is 1.31 bits per heavy atom. The molecule has 0 aliphatic heterocycles. The topological polar surface area (TPSA) is 90.3 Å². The monoisotopic (exact) mass is 411 g/mol. The van der Waals surface area contributed by atoms with E-state index in [-0.39, 0.29) is 30.7 Å². The Balaban J connectivity index is 1.41. The molecule has 2 heterocycles. The van der Waals surface area contributed by atoms with Crippen LogP contribution in [0.2, 0.25) is 0 Å². The van der Waals surface area contributed by atoms with Crippen molar-refractivity contribution >= 4 is 33.4 Å². The number of fused-ring (bicyclic) bond motifs is 1. The summed E-state index contributed by atoms with van der Waals surface area (Å²) in [6.45, 7) is 1.31. The van der Waals surface area contributed by atoms with Crippen LogP contribution in [0.1, 0.15) is 19.8 Å². The van der Waals surface area contributed by atoms with Gasteiger partial charge in [-0.25, -0.2) is 4.98 Å². The number of aromatic nitrogens is 2. The molecule has 4 rings (SSSR count). The van der Waals surface area contributed by atoms with E-state index in [2.05, 4.69) is 10.3 Å². The quantitative estimate of drug-likeness (QED) is 0.604. The largest absolute Gasteiger partial charge is 0.454 e. The molecule has 8 heteroatoms. The van der Waals surface area contributed by atoms with Gasteiger partial charge in [-0.15, -0.1) is 11.3 Å². The molecule has 1 atom stereocenters. The Labute approximate surface area is 171 Å². The molecule has 2 aromatic heterocycles. The first kappa shape index (κ1) is 19.3. The fraction of sp³-hybridized carbons (Fsp3) is 0.333. The van der Waals surface area contributed by atoms with E-state index in [0.29, 0.717) is 16.1 Å². The summed E-state index contributed by atoms with van der Waals surface area (Å²) in [5.41, 5.74) is 0.699. The van der Waals surface area contributed by atoms with E-state index in [1.54, 1.807) is 6.07 Å². The molecule has 0 saturated heterocycles. The Bertz CT molecular complexity index is 1100. The number of rotatable bonds is 7. The van der Waals surface area contributed by atoms with Crippen molar-refractivity contribution < 1.29 is 14.3 Å². The van der Waals surface area contributed by atoms with E-state index in [9.17, 15) is 14.4 Å². The van der Waals surface area contributed by atoms with E-state index in [1.807, 2.05) is 37.3 Å². The number of ether oxygens (including phenoxy) is 1. The van der Waals surface area contributed by atoms with Crippen LogP contribution in [-0.4, -0.2) is 34.1 Å². The van der Waals surface area contributed by atoms with Gasteiger partial charge in [-0.1, -0.05) is 30.3 Å². The summed E-state index contributed by atoms with van der Waals surface area (Å²) in [4.78, 5) is 42.5. The molecular formula is C21H21N3O4S. The summed E-state index contributed by atoms with van der Waals surface area (Å²) in [7, 11) is 0. The smallest absolute Gasteiger partial charge is 0.326 e. The highest BCUT2D eigenvalue weighted by Crippen LogP contribution is 2.32.